The molecule has 0 atom stereocenters. The zero-order valence-corrected chi connectivity index (χ0v) is 16.4. The van der Waals surface area contributed by atoms with Crippen LogP contribution in [0.3, 0.4) is 0 Å². The standard InChI is InChI=1S/C20H18ClF2N3O3/c1-11(2)10-26-19(28)14-6-4-3-5-13(14)17(25-26)18(27)24-12-7-8-16(15(21)9-12)29-20(22)23/h3-9,11,20H,10H2,1-2H3,(H,24,27). The molecule has 3 rings (SSSR count). The minimum Gasteiger partial charge on any atom is -0.433 e. The van der Waals surface area contributed by atoms with E-state index in [2.05, 4.69) is 15.2 Å². The van der Waals surface area contributed by atoms with E-state index in [1.807, 2.05) is 13.8 Å². The average Bonchev–Trinajstić information content (AvgIpc) is 2.65. The summed E-state index contributed by atoms with van der Waals surface area (Å²) in [5.41, 5.74) is 0.0707. The first-order chi connectivity index (χ1) is 13.8. The van der Waals surface area contributed by atoms with E-state index in [-0.39, 0.29) is 33.6 Å². The van der Waals surface area contributed by atoms with Gasteiger partial charge in [0.1, 0.15) is 5.75 Å². The van der Waals surface area contributed by atoms with Gasteiger partial charge in [-0.3, -0.25) is 9.59 Å². The van der Waals surface area contributed by atoms with E-state index in [1.54, 1.807) is 24.3 Å². The minimum atomic E-state index is -3.01. The van der Waals surface area contributed by atoms with E-state index >= 15 is 0 Å². The molecule has 0 spiro atoms. The van der Waals surface area contributed by atoms with Gasteiger partial charge in [-0.2, -0.15) is 13.9 Å². The third-order valence-electron chi connectivity index (χ3n) is 4.03. The fourth-order valence-electron chi connectivity index (χ4n) is 2.83. The second kappa shape index (κ2) is 8.57. The Morgan fingerprint density at radius 3 is 2.52 bits per heavy atom. The number of aromatic nitrogens is 2. The van der Waals surface area contributed by atoms with Crippen LogP contribution in [0.5, 0.6) is 5.75 Å². The number of nitrogens with one attached hydrogen (secondary N) is 1. The molecule has 2 aromatic carbocycles. The van der Waals surface area contributed by atoms with Crippen LogP contribution in [0.2, 0.25) is 5.02 Å². The van der Waals surface area contributed by atoms with Gasteiger partial charge in [0.15, 0.2) is 5.69 Å². The highest BCUT2D eigenvalue weighted by atomic mass is 35.5. The van der Waals surface area contributed by atoms with Crippen molar-refractivity contribution in [1.29, 1.82) is 0 Å². The highest BCUT2D eigenvalue weighted by Gasteiger charge is 2.18. The molecular weight excluding hydrogens is 404 g/mol. The van der Waals surface area contributed by atoms with E-state index in [0.717, 1.165) is 0 Å². The number of alkyl halides is 2. The van der Waals surface area contributed by atoms with E-state index < -0.39 is 12.5 Å². The van der Waals surface area contributed by atoms with Gasteiger partial charge in [-0.1, -0.05) is 43.6 Å². The summed E-state index contributed by atoms with van der Waals surface area (Å²) >= 11 is 5.93. The Kier molecular flexibility index (Phi) is 6.12. The van der Waals surface area contributed by atoms with Crippen molar-refractivity contribution in [2.24, 2.45) is 5.92 Å². The molecule has 6 nitrogen and oxygen atoms in total. The van der Waals surface area contributed by atoms with Crippen molar-refractivity contribution in [3.05, 3.63) is 63.5 Å². The number of nitrogens with zero attached hydrogens (tertiary/aromatic N) is 2. The van der Waals surface area contributed by atoms with Crippen molar-refractivity contribution in [3.8, 4) is 5.75 Å². The quantitative estimate of drug-likeness (QED) is 0.633. The maximum absolute atomic E-state index is 12.9. The average molecular weight is 422 g/mol. The maximum Gasteiger partial charge on any atom is 0.387 e. The summed E-state index contributed by atoms with van der Waals surface area (Å²) in [7, 11) is 0. The molecule has 0 aliphatic rings. The second-order valence-electron chi connectivity index (χ2n) is 6.75. The molecule has 0 fully saturated rings. The van der Waals surface area contributed by atoms with Gasteiger partial charge in [-0.25, -0.2) is 4.68 Å². The number of hydrogen-bond donors (Lipinski definition) is 1. The highest BCUT2D eigenvalue weighted by Crippen LogP contribution is 2.29. The number of benzene rings is 2. The number of rotatable bonds is 6. The third-order valence-corrected chi connectivity index (χ3v) is 4.32. The summed E-state index contributed by atoms with van der Waals surface area (Å²) in [6.07, 6.45) is 0. The molecule has 0 aliphatic carbocycles. The Morgan fingerprint density at radius 2 is 1.90 bits per heavy atom. The van der Waals surface area contributed by atoms with E-state index in [0.29, 0.717) is 17.3 Å². The molecule has 1 N–H and O–H groups in total. The number of halogens is 3. The van der Waals surface area contributed by atoms with Crippen molar-refractivity contribution in [2.45, 2.75) is 27.0 Å². The van der Waals surface area contributed by atoms with Gasteiger partial charge in [0, 0.05) is 17.6 Å². The van der Waals surface area contributed by atoms with E-state index in [9.17, 15) is 18.4 Å². The summed E-state index contributed by atoms with van der Waals surface area (Å²) in [6.45, 7) is 1.22. The minimum absolute atomic E-state index is 0.0740. The fraction of sp³-hybridized carbons (Fsp3) is 0.250. The smallest absolute Gasteiger partial charge is 0.387 e. The van der Waals surface area contributed by atoms with Crippen molar-refractivity contribution >= 4 is 34.0 Å². The van der Waals surface area contributed by atoms with E-state index in [1.165, 1.54) is 22.9 Å². The van der Waals surface area contributed by atoms with Crippen LogP contribution in [0.4, 0.5) is 14.5 Å². The number of anilines is 1. The Labute approximate surface area is 170 Å². The zero-order chi connectivity index (χ0) is 21.1. The van der Waals surface area contributed by atoms with Crippen LogP contribution in [0.25, 0.3) is 10.8 Å². The molecule has 0 unspecified atom stereocenters. The number of carbonyl (C=O) groups is 1. The Bertz CT molecular complexity index is 1120. The second-order valence-corrected chi connectivity index (χ2v) is 7.16. The van der Waals surface area contributed by atoms with Gasteiger partial charge >= 0.3 is 6.61 Å². The monoisotopic (exact) mass is 421 g/mol. The molecule has 1 amide bonds. The lowest BCUT2D eigenvalue weighted by molar-refractivity contribution is -0.0497. The Hall–Kier alpha value is -3.00. The molecule has 1 aromatic heterocycles. The molecule has 152 valence electrons. The summed E-state index contributed by atoms with van der Waals surface area (Å²) in [4.78, 5) is 25.5. The SMILES string of the molecule is CC(C)Cn1nc(C(=O)Nc2ccc(OC(F)F)c(Cl)c2)c2ccccc2c1=O. The summed E-state index contributed by atoms with van der Waals surface area (Å²) in [5.74, 6) is -0.607. The first-order valence-electron chi connectivity index (χ1n) is 8.82. The van der Waals surface area contributed by atoms with Crippen molar-refractivity contribution in [2.75, 3.05) is 5.32 Å². The Morgan fingerprint density at radius 1 is 1.21 bits per heavy atom. The third kappa shape index (κ3) is 4.71. The lowest BCUT2D eigenvalue weighted by Gasteiger charge is -2.13. The fourth-order valence-corrected chi connectivity index (χ4v) is 3.06. The lowest BCUT2D eigenvalue weighted by Crippen LogP contribution is -2.29. The molecular formula is C20H18ClF2N3O3. The normalized spacial score (nSPS) is 11.3. The van der Waals surface area contributed by atoms with E-state index in [4.69, 9.17) is 11.6 Å². The number of carbonyl (C=O) groups excluding carboxylic acids is 1. The highest BCUT2D eigenvalue weighted by molar-refractivity contribution is 6.32. The van der Waals surface area contributed by atoms with Crippen LogP contribution in [0.1, 0.15) is 24.3 Å². The van der Waals surface area contributed by atoms with Gasteiger partial charge in [0.25, 0.3) is 11.5 Å². The molecule has 0 bridgehead atoms. The number of hydrogen-bond acceptors (Lipinski definition) is 4. The van der Waals surface area contributed by atoms with Gasteiger partial charge < -0.3 is 10.1 Å². The zero-order valence-electron chi connectivity index (χ0n) is 15.7. The molecule has 3 aromatic rings. The molecule has 1 heterocycles. The first-order valence-corrected chi connectivity index (χ1v) is 9.19. The van der Waals surface area contributed by atoms with Crippen LogP contribution >= 0.6 is 11.6 Å². The largest absolute Gasteiger partial charge is 0.433 e. The maximum atomic E-state index is 12.9. The van der Waals surface area contributed by atoms with Crippen LogP contribution in [-0.4, -0.2) is 22.3 Å². The van der Waals surface area contributed by atoms with Crippen LogP contribution in [0, 0.1) is 5.92 Å². The first kappa shape index (κ1) is 20.7. The van der Waals surface area contributed by atoms with Crippen molar-refractivity contribution < 1.29 is 18.3 Å². The molecule has 9 heteroatoms. The van der Waals surface area contributed by atoms with Crippen molar-refractivity contribution in [3.63, 3.8) is 0 Å². The van der Waals surface area contributed by atoms with Gasteiger partial charge in [0.2, 0.25) is 0 Å². The van der Waals surface area contributed by atoms with Crippen LogP contribution in [0.15, 0.2) is 47.3 Å². The predicted octanol–water partition coefficient (Wildman–Crippen LogP) is 4.56. The molecule has 29 heavy (non-hydrogen) atoms. The summed E-state index contributed by atoms with van der Waals surface area (Å²) in [5, 5.41) is 7.60. The molecule has 0 saturated carbocycles. The topological polar surface area (TPSA) is 73.2 Å². The molecule has 0 aliphatic heterocycles. The van der Waals surface area contributed by atoms with Gasteiger partial charge in [-0.05, 0) is 30.2 Å². The van der Waals surface area contributed by atoms with Crippen molar-refractivity contribution in [1.82, 2.24) is 9.78 Å². The lowest BCUT2D eigenvalue weighted by atomic mass is 10.1. The molecule has 0 saturated heterocycles. The number of amides is 1. The van der Waals surface area contributed by atoms with Crippen LogP contribution < -0.4 is 15.6 Å². The number of ether oxygens (including phenoxy) is 1. The predicted molar refractivity (Wildman–Crippen MR) is 107 cm³/mol. The summed E-state index contributed by atoms with van der Waals surface area (Å²) in [6, 6.07) is 10.6. The van der Waals surface area contributed by atoms with Gasteiger partial charge in [-0.15, -0.1) is 0 Å². The number of fused-ring (bicyclic) bond motifs is 1. The van der Waals surface area contributed by atoms with Crippen LogP contribution in [-0.2, 0) is 6.54 Å². The van der Waals surface area contributed by atoms with Gasteiger partial charge in [0.05, 0.1) is 10.4 Å². The summed E-state index contributed by atoms with van der Waals surface area (Å²) < 4.78 is 30.3. The molecule has 0 radical (unpaired) electrons. The Balaban J connectivity index is 1.98.